The van der Waals surface area contributed by atoms with Gasteiger partial charge in [-0.15, -0.1) is 0 Å². The Labute approximate surface area is 112 Å². The van der Waals surface area contributed by atoms with Crippen LogP contribution in [0.5, 0.6) is 0 Å². The van der Waals surface area contributed by atoms with Crippen molar-refractivity contribution in [2.75, 3.05) is 11.9 Å². The molecule has 1 aromatic carbocycles. The molecule has 0 aromatic heterocycles. The summed E-state index contributed by atoms with van der Waals surface area (Å²) in [5.41, 5.74) is 5.05. The maximum absolute atomic E-state index is 12.9. The third-order valence-corrected chi connectivity index (χ3v) is 3.57. The van der Waals surface area contributed by atoms with E-state index >= 15 is 0 Å². The molecule has 0 amide bonds. The van der Waals surface area contributed by atoms with Crippen molar-refractivity contribution in [2.24, 2.45) is 11.7 Å². The SMILES string of the molecule is NCC(Nc1ccc(Br)cc1C(F)(F)F)C1CC1. The monoisotopic (exact) mass is 322 g/mol. The molecule has 100 valence electrons. The van der Waals surface area contributed by atoms with Crippen molar-refractivity contribution in [1.82, 2.24) is 0 Å². The topological polar surface area (TPSA) is 38.0 Å². The molecule has 1 aromatic rings. The van der Waals surface area contributed by atoms with Crippen LogP contribution in [0.3, 0.4) is 0 Å². The summed E-state index contributed by atoms with van der Waals surface area (Å²) in [6, 6.07) is 4.05. The zero-order valence-electron chi connectivity index (χ0n) is 9.60. The highest BCUT2D eigenvalue weighted by atomic mass is 79.9. The molecule has 2 nitrogen and oxygen atoms in total. The van der Waals surface area contributed by atoms with E-state index in [0.717, 1.165) is 18.9 Å². The van der Waals surface area contributed by atoms with E-state index in [1.807, 2.05) is 0 Å². The van der Waals surface area contributed by atoms with Gasteiger partial charge in [0.15, 0.2) is 0 Å². The van der Waals surface area contributed by atoms with Crippen LogP contribution in [0.4, 0.5) is 18.9 Å². The lowest BCUT2D eigenvalue weighted by Crippen LogP contribution is -2.31. The van der Waals surface area contributed by atoms with Gasteiger partial charge in [-0.3, -0.25) is 0 Å². The third-order valence-electron chi connectivity index (χ3n) is 3.07. The molecule has 1 aliphatic carbocycles. The second-order valence-electron chi connectivity index (χ2n) is 4.51. The Balaban J connectivity index is 2.26. The molecular weight excluding hydrogens is 309 g/mol. The first-order chi connectivity index (χ1) is 8.41. The van der Waals surface area contributed by atoms with Crippen molar-refractivity contribution in [2.45, 2.75) is 25.1 Å². The quantitative estimate of drug-likeness (QED) is 0.888. The summed E-state index contributed by atoms with van der Waals surface area (Å²) in [6.07, 6.45) is -2.30. The molecule has 0 spiro atoms. The van der Waals surface area contributed by atoms with Crippen molar-refractivity contribution in [3.05, 3.63) is 28.2 Å². The van der Waals surface area contributed by atoms with E-state index in [0.29, 0.717) is 16.9 Å². The van der Waals surface area contributed by atoms with Crippen LogP contribution >= 0.6 is 15.9 Å². The molecular formula is C12H14BrF3N2. The number of alkyl halides is 3. The van der Waals surface area contributed by atoms with Crippen LogP contribution in [-0.4, -0.2) is 12.6 Å². The van der Waals surface area contributed by atoms with Gasteiger partial charge < -0.3 is 11.1 Å². The number of anilines is 1. The van der Waals surface area contributed by atoms with Gasteiger partial charge in [-0.1, -0.05) is 15.9 Å². The zero-order chi connectivity index (χ0) is 13.3. The number of rotatable bonds is 4. The molecule has 2 rings (SSSR count). The molecule has 1 saturated carbocycles. The molecule has 1 unspecified atom stereocenters. The molecule has 0 saturated heterocycles. The summed E-state index contributed by atoms with van der Waals surface area (Å²) >= 11 is 3.06. The van der Waals surface area contributed by atoms with Crippen LogP contribution in [0.1, 0.15) is 18.4 Å². The first kappa shape index (κ1) is 13.7. The molecule has 0 radical (unpaired) electrons. The van der Waals surface area contributed by atoms with Crippen LogP contribution in [0.25, 0.3) is 0 Å². The van der Waals surface area contributed by atoms with Gasteiger partial charge in [0.25, 0.3) is 0 Å². The van der Waals surface area contributed by atoms with Gasteiger partial charge in [0.05, 0.1) is 5.56 Å². The third kappa shape index (κ3) is 3.17. The number of hydrogen-bond donors (Lipinski definition) is 2. The molecule has 1 atom stereocenters. The fourth-order valence-corrected chi connectivity index (χ4v) is 2.31. The summed E-state index contributed by atoms with van der Waals surface area (Å²) in [4.78, 5) is 0. The highest BCUT2D eigenvalue weighted by Crippen LogP contribution is 2.39. The predicted octanol–water partition coefficient (Wildman–Crippen LogP) is 3.62. The van der Waals surface area contributed by atoms with Gasteiger partial charge in [0.2, 0.25) is 0 Å². The van der Waals surface area contributed by atoms with Crippen molar-refractivity contribution in [3.8, 4) is 0 Å². The van der Waals surface area contributed by atoms with E-state index in [9.17, 15) is 13.2 Å². The van der Waals surface area contributed by atoms with Gasteiger partial charge in [-0.25, -0.2) is 0 Å². The fourth-order valence-electron chi connectivity index (χ4n) is 1.94. The number of hydrogen-bond acceptors (Lipinski definition) is 2. The maximum atomic E-state index is 12.9. The standard InChI is InChI=1S/C12H14BrF3N2/c13-8-3-4-10(9(5-8)12(14,15)16)18-11(6-17)7-1-2-7/h3-5,7,11,18H,1-2,6,17H2. The van der Waals surface area contributed by atoms with E-state index in [-0.39, 0.29) is 11.7 Å². The van der Waals surface area contributed by atoms with Crippen LogP contribution < -0.4 is 11.1 Å². The summed E-state index contributed by atoms with van der Waals surface area (Å²) in [5, 5.41) is 2.93. The number of benzene rings is 1. The summed E-state index contributed by atoms with van der Waals surface area (Å²) < 4.78 is 39.1. The smallest absolute Gasteiger partial charge is 0.380 e. The van der Waals surface area contributed by atoms with Gasteiger partial charge in [0.1, 0.15) is 0 Å². The Morgan fingerprint density at radius 2 is 2.06 bits per heavy atom. The molecule has 0 bridgehead atoms. The van der Waals surface area contributed by atoms with Gasteiger partial charge in [-0.05, 0) is 37.0 Å². The Morgan fingerprint density at radius 1 is 1.39 bits per heavy atom. The van der Waals surface area contributed by atoms with Crippen molar-refractivity contribution in [3.63, 3.8) is 0 Å². The normalized spacial score (nSPS) is 17.6. The molecule has 18 heavy (non-hydrogen) atoms. The van der Waals surface area contributed by atoms with Crippen LogP contribution in [0.2, 0.25) is 0 Å². The summed E-state index contributed by atoms with van der Waals surface area (Å²) in [7, 11) is 0. The highest BCUT2D eigenvalue weighted by Gasteiger charge is 2.36. The van der Waals surface area contributed by atoms with E-state index in [1.165, 1.54) is 6.07 Å². The molecule has 1 fully saturated rings. The van der Waals surface area contributed by atoms with E-state index in [1.54, 1.807) is 6.07 Å². The largest absolute Gasteiger partial charge is 0.418 e. The Hall–Kier alpha value is -0.750. The Bertz CT molecular complexity index is 430. The van der Waals surface area contributed by atoms with E-state index < -0.39 is 11.7 Å². The Morgan fingerprint density at radius 3 is 2.56 bits per heavy atom. The average Bonchev–Trinajstić information content (AvgIpc) is 3.10. The van der Waals surface area contributed by atoms with Gasteiger partial charge >= 0.3 is 6.18 Å². The predicted molar refractivity (Wildman–Crippen MR) is 68.3 cm³/mol. The summed E-state index contributed by atoms with van der Waals surface area (Å²) in [6.45, 7) is 0.345. The van der Waals surface area contributed by atoms with Crippen LogP contribution in [0.15, 0.2) is 22.7 Å². The first-order valence-corrected chi connectivity index (χ1v) is 6.54. The van der Waals surface area contributed by atoms with Crippen molar-refractivity contribution >= 4 is 21.6 Å². The lowest BCUT2D eigenvalue weighted by Gasteiger charge is -2.21. The molecule has 0 aliphatic heterocycles. The maximum Gasteiger partial charge on any atom is 0.418 e. The van der Waals surface area contributed by atoms with Crippen LogP contribution in [0, 0.1) is 5.92 Å². The second kappa shape index (κ2) is 5.09. The minimum absolute atomic E-state index is 0.0766. The number of nitrogens with two attached hydrogens (primary N) is 1. The fraction of sp³-hybridized carbons (Fsp3) is 0.500. The number of nitrogens with one attached hydrogen (secondary N) is 1. The van der Waals surface area contributed by atoms with Gasteiger partial charge in [-0.2, -0.15) is 13.2 Å². The number of halogens is 4. The minimum Gasteiger partial charge on any atom is -0.380 e. The molecule has 3 N–H and O–H groups in total. The molecule has 1 aliphatic rings. The van der Waals surface area contributed by atoms with Crippen molar-refractivity contribution < 1.29 is 13.2 Å². The molecule has 0 heterocycles. The van der Waals surface area contributed by atoms with E-state index in [4.69, 9.17) is 5.73 Å². The van der Waals surface area contributed by atoms with Crippen molar-refractivity contribution in [1.29, 1.82) is 0 Å². The average molecular weight is 323 g/mol. The molecule has 6 heteroatoms. The Kier molecular flexibility index (Phi) is 3.87. The van der Waals surface area contributed by atoms with Crippen LogP contribution in [-0.2, 0) is 6.18 Å². The lowest BCUT2D eigenvalue weighted by atomic mass is 10.1. The second-order valence-corrected chi connectivity index (χ2v) is 5.43. The first-order valence-electron chi connectivity index (χ1n) is 5.75. The van der Waals surface area contributed by atoms with E-state index in [2.05, 4.69) is 21.2 Å². The minimum atomic E-state index is -4.37. The zero-order valence-corrected chi connectivity index (χ0v) is 11.2. The van der Waals surface area contributed by atoms with Gasteiger partial charge in [0, 0.05) is 22.7 Å². The summed E-state index contributed by atoms with van der Waals surface area (Å²) in [5.74, 6) is 0.403. The highest BCUT2D eigenvalue weighted by molar-refractivity contribution is 9.10. The lowest BCUT2D eigenvalue weighted by molar-refractivity contribution is -0.137.